The summed E-state index contributed by atoms with van der Waals surface area (Å²) in [5, 5.41) is 26.3. The Kier molecular flexibility index (Phi) is 6.35. The van der Waals surface area contributed by atoms with Crippen LogP contribution >= 0.6 is 0 Å². The Hall–Kier alpha value is -2.04. The van der Waals surface area contributed by atoms with Crippen molar-refractivity contribution in [2.75, 3.05) is 0 Å². The molecule has 1 aromatic rings. The largest absolute Gasteiger partial charge is 0.507 e. The minimum absolute atomic E-state index is 0.433. The quantitative estimate of drug-likeness (QED) is 0.683. The first-order valence-corrected chi connectivity index (χ1v) is 4.72. The molecule has 5 nitrogen and oxygen atoms in total. The molecule has 0 heterocycles. The van der Waals surface area contributed by atoms with Crippen LogP contribution in [0.25, 0.3) is 0 Å². The molecule has 0 saturated heterocycles. The summed E-state index contributed by atoms with van der Waals surface area (Å²) in [7, 11) is 0. The lowest BCUT2D eigenvalue weighted by molar-refractivity contribution is -0.107. The van der Waals surface area contributed by atoms with Crippen LogP contribution in [0.15, 0.2) is 18.2 Å². The Morgan fingerprint density at radius 1 is 1.31 bits per heavy atom. The Morgan fingerprint density at radius 3 is 2.00 bits per heavy atom. The van der Waals surface area contributed by atoms with Crippen molar-refractivity contribution < 1.29 is 24.9 Å². The molecular formula is C11H14O5. The van der Waals surface area contributed by atoms with Gasteiger partial charge in [0.1, 0.15) is 23.3 Å². The number of carboxylic acids is 1. The maximum absolute atomic E-state index is 10.3. The van der Waals surface area contributed by atoms with Crippen molar-refractivity contribution in [3.8, 4) is 11.5 Å². The maximum atomic E-state index is 10.3. The predicted molar refractivity (Wildman–Crippen MR) is 57.7 cm³/mol. The normalized spacial score (nSPS) is 8.81. The highest BCUT2D eigenvalue weighted by Crippen LogP contribution is 2.25. The van der Waals surface area contributed by atoms with Crippen LogP contribution in [0.1, 0.15) is 30.1 Å². The molecule has 3 N–H and O–H groups in total. The van der Waals surface area contributed by atoms with Crippen molar-refractivity contribution >= 4 is 12.3 Å². The first-order chi connectivity index (χ1) is 7.54. The van der Waals surface area contributed by atoms with Crippen molar-refractivity contribution in [2.24, 2.45) is 0 Å². The summed E-state index contributed by atoms with van der Waals surface area (Å²) in [5.74, 6) is -2.21. The molecule has 0 aliphatic rings. The van der Waals surface area contributed by atoms with Gasteiger partial charge in [-0.15, -0.1) is 0 Å². The molecule has 0 bridgehead atoms. The number of aldehydes is 1. The topological polar surface area (TPSA) is 94.8 Å². The summed E-state index contributed by atoms with van der Waals surface area (Å²) >= 11 is 0. The molecule has 1 rings (SSSR count). The van der Waals surface area contributed by atoms with Gasteiger partial charge in [0.15, 0.2) is 0 Å². The van der Waals surface area contributed by atoms with Crippen LogP contribution in [0, 0.1) is 0 Å². The number of carbonyl (C=O) groups excluding carboxylic acids is 1. The summed E-state index contributed by atoms with van der Waals surface area (Å²) in [6.07, 6.45) is 2.61. The second-order valence-corrected chi connectivity index (χ2v) is 2.93. The van der Waals surface area contributed by atoms with E-state index >= 15 is 0 Å². The molecule has 0 saturated carbocycles. The zero-order chi connectivity index (χ0) is 12.6. The molecular weight excluding hydrogens is 212 g/mol. The minimum Gasteiger partial charge on any atom is -0.507 e. The number of aromatic hydroxyl groups is 2. The van der Waals surface area contributed by atoms with E-state index in [-0.39, 0.29) is 0 Å². The van der Waals surface area contributed by atoms with Gasteiger partial charge in [0.05, 0.1) is 0 Å². The molecule has 0 aliphatic carbocycles. The van der Waals surface area contributed by atoms with E-state index in [0.717, 1.165) is 12.7 Å². The van der Waals surface area contributed by atoms with Gasteiger partial charge in [0.25, 0.3) is 0 Å². The highest BCUT2D eigenvalue weighted by atomic mass is 16.4. The monoisotopic (exact) mass is 226 g/mol. The molecule has 5 heteroatoms. The van der Waals surface area contributed by atoms with Crippen LogP contribution in [0.3, 0.4) is 0 Å². The SMILES string of the molecule is CCCC=O.O=C(O)c1c(O)cccc1O. The standard InChI is InChI=1S/C7H6O4.C4H8O/c8-4-2-1-3-5(9)6(4)7(10)11;1-2-3-4-5/h1-3,8-9H,(H,10,11);4H,2-3H2,1H3. The number of hydrogen-bond acceptors (Lipinski definition) is 4. The number of phenols is 2. The van der Waals surface area contributed by atoms with E-state index in [0.29, 0.717) is 6.42 Å². The number of benzene rings is 1. The van der Waals surface area contributed by atoms with Gasteiger partial charge in [-0.25, -0.2) is 4.79 Å². The first-order valence-electron chi connectivity index (χ1n) is 4.72. The van der Waals surface area contributed by atoms with E-state index in [1.54, 1.807) is 0 Å². The van der Waals surface area contributed by atoms with Crippen LogP contribution in [0.5, 0.6) is 11.5 Å². The fraction of sp³-hybridized carbons (Fsp3) is 0.273. The lowest BCUT2D eigenvalue weighted by atomic mass is 10.2. The van der Waals surface area contributed by atoms with Crippen molar-refractivity contribution in [3.05, 3.63) is 23.8 Å². The van der Waals surface area contributed by atoms with Gasteiger partial charge in [0.2, 0.25) is 0 Å². The van der Waals surface area contributed by atoms with Gasteiger partial charge < -0.3 is 20.1 Å². The van der Waals surface area contributed by atoms with Gasteiger partial charge in [-0.2, -0.15) is 0 Å². The van der Waals surface area contributed by atoms with Crippen LogP contribution in [0.2, 0.25) is 0 Å². The summed E-state index contributed by atoms with van der Waals surface area (Å²) < 4.78 is 0. The van der Waals surface area contributed by atoms with Crippen molar-refractivity contribution in [2.45, 2.75) is 19.8 Å². The summed E-state index contributed by atoms with van der Waals surface area (Å²) in [6.45, 7) is 1.98. The number of hydrogen-bond donors (Lipinski definition) is 3. The van der Waals surface area contributed by atoms with Crippen LogP contribution < -0.4 is 0 Å². The zero-order valence-electron chi connectivity index (χ0n) is 8.88. The third kappa shape index (κ3) is 4.45. The number of carbonyl (C=O) groups is 2. The molecule has 0 amide bonds. The van der Waals surface area contributed by atoms with Crippen molar-refractivity contribution in [3.63, 3.8) is 0 Å². The Labute approximate surface area is 93.0 Å². The van der Waals surface area contributed by atoms with Crippen LogP contribution in [-0.4, -0.2) is 27.6 Å². The lowest BCUT2D eigenvalue weighted by Gasteiger charge is -1.99. The molecule has 0 aliphatic heterocycles. The third-order valence-corrected chi connectivity index (χ3v) is 1.64. The van der Waals surface area contributed by atoms with E-state index in [2.05, 4.69) is 0 Å². The summed E-state index contributed by atoms with van der Waals surface area (Å²) in [5.41, 5.74) is -0.465. The van der Waals surface area contributed by atoms with Gasteiger partial charge in [-0.1, -0.05) is 13.0 Å². The van der Waals surface area contributed by atoms with Gasteiger partial charge in [0, 0.05) is 6.42 Å². The highest BCUT2D eigenvalue weighted by Gasteiger charge is 2.13. The lowest BCUT2D eigenvalue weighted by Crippen LogP contribution is -1.96. The van der Waals surface area contributed by atoms with Crippen molar-refractivity contribution in [1.82, 2.24) is 0 Å². The molecule has 0 aromatic heterocycles. The molecule has 0 atom stereocenters. The first kappa shape index (κ1) is 14.0. The average molecular weight is 226 g/mol. The van der Waals surface area contributed by atoms with E-state index in [9.17, 15) is 9.59 Å². The smallest absolute Gasteiger partial charge is 0.343 e. The molecule has 0 spiro atoms. The van der Waals surface area contributed by atoms with Gasteiger partial charge >= 0.3 is 5.97 Å². The molecule has 0 fully saturated rings. The number of rotatable bonds is 3. The van der Waals surface area contributed by atoms with Crippen LogP contribution in [-0.2, 0) is 4.79 Å². The third-order valence-electron chi connectivity index (χ3n) is 1.64. The minimum atomic E-state index is -1.35. The molecule has 88 valence electrons. The second kappa shape index (κ2) is 7.28. The fourth-order valence-electron chi connectivity index (χ4n) is 0.865. The van der Waals surface area contributed by atoms with Gasteiger partial charge in [-0.3, -0.25) is 0 Å². The number of carboxylic acid groups (broad SMARTS) is 1. The molecule has 0 unspecified atom stereocenters. The molecule has 1 aromatic carbocycles. The Morgan fingerprint density at radius 2 is 1.81 bits per heavy atom. The zero-order valence-corrected chi connectivity index (χ0v) is 8.88. The Bertz CT molecular complexity index is 339. The van der Waals surface area contributed by atoms with E-state index in [4.69, 9.17) is 15.3 Å². The number of unbranched alkanes of at least 4 members (excludes halogenated alkanes) is 1. The maximum Gasteiger partial charge on any atom is 0.343 e. The molecule has 16 heavy (non-hydrogen) atoms. The van der Waals surface area contributed by atoms with Gasteiger partial charge in [-0.05, 0) is 18.6 Å². The predicted octanol–water partition coefficient (Wildman–Crippen LogP) is 1.78. The van der Waals surface area contributed by atoms with E-state index in [1.807, 2.05) is 6.92 Å². The number of aromatic carboxylic acids is 1. The van der Waals surface area contributed by atoms with E-state index < -0.39 is 23.0 Å². The van der Waals surface area contributed by atoms with Crippen molar-refractivity contribution in [1.29, 1.82) is 0 Å². The van der Waals surface area contributed by atoms with E-state index in [1.165, 1.54) is 18.2 Å². The second-order valence-electron chi connectivity index (χ2n) is 2.93. The summed E-state index contributed by atoms with van der Waals surface area (Å²) in [4.78, 5) is 19.7. The average Bonchev–Trinajstić information content (AvgIpc) is 2.19. The summed E-state index contributed by atoms with van der Waals surface area (Å²) in [6, 6.07) is 3.75. The van der Waals surface area contributed by atoms with Crippen LogP contribution in [0.4, 0.5) is 0 Å². The highest BCUT2D eigenvalue weighted by molar-refractivity contribution is 5.93. The molecule has 0 radical (unpaired) electrons. The fourth-order valence-corrected chi connectivity index (χ4v) is 0.865. The Balaban J connectivity index is 0.000000385.